The molecule has 12 rings (SSSR count). The quantitative estimate of drug-likeness (QED) is 0.0379. The fraction of sp³-hybridized carbons (Fsp3) is 0.152. The van der Waals surface area contributed by atoms with Crippen molar-refractivity contribution in [1.29, 1.82) is 0 Å². The molecule has 0 aliphatic heterocycles. The van der Waals surface area contributed by atoms with E-state index in [1.807, 2.05) is 87.8 Å². The van der Waals surface area contributed by atoms with Crippen LogP contribution in [0.2, 0.25) is 0 Å². The first kappa shape index (κ1) is 47.7. The highest BCUT2D eigenvalue weighted by Gasteiger charge is 2.21. The third-order valence-corrected chi connectivity index (χ3v) is 14.5. The van der Waals surface area contributed by atoms with E-state index in [1.54, 1.807) is 0 Å². The molecule has 1 N–H and O–H groups in total. The topological polar surface area (TPSA) is 78.6 Å². The SMILES string of the molecule is Cc1cc(N(/N=C/c2ccc3c(c2)c2ccccc2n3CCCCCCCCn2c3ccccc3c3cc(/C=N/N(c4ccccc4)c4cc(C)[n+](-c5ccccc5)[nH]4)ccc32)c2ccccc2)nn1-c1ccccc1. The average Bonchev–Trinajstić information content (AvgIpc) is 4.24. The third kappa shape index (κ3) is 9.80. The summed E-state index contributed by atoms with van der Waals surface area (Å²) in [4.78, 5) is 0. The molecule has 0 fully saturated rings. The molecule has 76 heavy (non-hydrogen) atoms. The van der Waals surface area contributed by atoms with E-state index in [4.69, 9.17) is 15.3 Å². The Bertz CT molecular complexity index is 3720. The molecule has 12 aromatic rings. The normalized spacial score (nSPS) is 11.9. The molecule has 0 saturated heterocycles. The lowest BCUT2D eigenvalue weighted by molar-refractivity contribution is -0.660. The number of hydrogen-bond donors (Lipinski definition) is 1. The van der Waals surface area contributed by atoms with Crippen LogP contribution >= 0.6 is 0 Å². The third-order valence-electron chi connectivity index (χ3n) is 14.5. The van der Waals surface area contributed by atoms with Gasteiger partial charge in [-0.3, -0.25) is 0 Å². The number of anilines is 4. The van der Waals surface area contributed by atoms with Gasteiger partial charge in [0.15, 0.2) is 11.6 Å². The molecule has 374 valence electrons. The zero-order valence-electron chi connectivity index (χ0n) is 43.1. The van der Waals surface area contributed by atoms with Gasteiger partial charge in [-0.2, -0.15) is 10.2 Å². The molecule has 8 aromatic carbocycles. The minimum Gasteiger partial charge on any atom is -0.340 e. The summed E-state index contributed by atoms with van der Waals surface area (Å²) in [6.07, 6.45) is 11.1. The van der Waals surface area contributed by atoms with Gasteiger partial charge in [-0.1, -0.05) is 152 Å². The van der Waals surface area contributed by atoms with Crippen molar-refractivity contribution in [1.82, 2.24) is 24.0 Å². The Hall–Kier alpha value is -9.28. The number of aryl methyl sites for hydroxylation is 4. The smallest absolute Gasteiger partial charge is 0.235 e. The summed E-state index contributed by atoms with van der Waals surface area (Å²) in [6.45, 7) is 6.16. The molecule has 0 radical (unpaired) electrons. The van der Waals surface area contributed by atoms with Crippen molar-refractivity contribution in [2.75, 3.05) is 10.0 Å². The molecule has 0 unspecified atom stereocenters. The molecule has 0 atom stereocenters. The van der Waals surface area contributed by atoms with E-state index >= 15 is 0 Å². The van der Waals surface area contributed by atoms with E-state index < -0.39 is 0 Å². The van der Waals surface area contributed by atoms with Crippen molar-refractivity contribution in [3.05, 3.63) is 241 Å². The van der Waals surface area contributed by atoms with E-state index in [1.165, 1.54) is 69.3 Å². The van der Waals surface area contributed by atoms with Gasteiger partial charge in [-0.05, 0) is 104 Å². The number of aromatic amines is 1. The molecular formula is C66H61N10+. The first-order valence-corrected chi connectivity index (χ1v) is 26.6. The van der Waals surface area contributed by atoms with Crippen molar-refractivity contribution in [2.24, 2.45) is 10.2 Å². The summed E-state index contributed by atoms with van der Waals surface area (Å²) >= 11 is 0. The highest BCUT2D eigenvalue weighted by molar-refractivity contribution is 6.10. The van der Waals surface area contributed by atoms with Crippen LogP contribution in [-0.4, -0.2) is 36.4 Å². The van der Waals surface area contributed by atoms with Crippen LogP contribution in [0.1, 0.15) is 61.0 Å². The monoisotopic (exact) mass is 994 g/mol. The average molecular weight is 994 g/mol. The van der Waals surface area contributed by atoms with Crippen molar-refractivity contribution in [2.45, 2.75) is 65.5 Å². The molecular weight excluding hydrogens is 933 g/mol. The summed E-state index contributed by atoms with van der Waals surface area (Å²) in [5.41, 5.74) is 13.3. The number of nitrogens with zero attached hydrogens (tertiary/aromatic N) is 9. The maximum Gasteiger partial charge on any atom is 0.235 e. The molecule has 4 heterocycles. The van der Waals surface area contributed by atoms with Gasteiger partial charge in [-0.15, -0.1) is 10.2 Å². The number of benzene rings is 8. The number of fused-ring (bicyclic) bond motifs is 6. The largest absolute Gasteiger partial charge is 0.340 e. The molecule has 0 aliphatic rings. The number of hydrogen-bond acceptors (Lipinski definition) is 5. The van der Waals surface area contributed by atoms with E-state index in [2.05, 4.69) is 190 Å². The van der Waals surface area contributed by atoms with Crippen molar-refractivity contribution in [3.63, 3.8) is 0 Å². The number of nitrogens with one attached hydrogen (secondary N) is 1. The Labute approximate surface area is 443 Å². The summed E-state index contributed by atoms with van der Waals surface area (Å²) in [5, 5.41) is 27.7. The Morgan fingerprint density at radius 2 is 0.921 bits per heavy atom. The first-order chi connectivity index (χ1) is 37.5. The molecule has 0 amide bonds. The Morgan fingerprint density at radius 3 is 1.49 bits per heavy atom. The predicted molar refractivity (Wildman–Crippen MR) is 314 cm³/mol. The molecule has 10 heteroatoms. The zero-order chi connectivity index (χ0) is 51.2. The van der Waals surface area contributed by atoms with Crippen molar-refractivity contribution >= 4 is 79.1 Å². The van der Waals surface area contributed by atoms with Gasteiger partial charge in [0.2, 0.25) is 11.4 Å². The van der Waals surface area contributed by atoms with Crippen LogP contribution in [0.25, 0.3) is 55.0 Å². The molecule has 4 aromatic heterocycles. The second kappa shape index (κ2) is 21.7. The minimum absolute atomic E-state index is 0.759. The molecule has 0 aliphatic carbocycles. The molecule has 10 nitrogen and oxygen atoms in total. The predicted octanol–water partition coefficient (Wildman–Crippen LogP) is 15.7. The maximum atomic E-state index is 5.10. The highest BCUT2D eigenvalue weighted by atomic mass is 15.5. The fourth-order valence-corrected chi connectivity index (χ4v) is 10.8. The minimum atomic E-state index is 0.759. The Balaban J connectivity index is 0.691. The summed E-state index contributed by atoms with van der Waals surface area (Å²) in [6, 6.07) is 76.5. The van der Waals surface area contributed by atoms with Crippen LogP contribution in [0.5, 0.6) is 0 Å². The molecule has 0 spiro atoms. The van der Waals surface area contributed by atoms with Crippen LogP contribution in [0.3, 0.4) is 0 Å². The maximum absolute atomic E-state index is 5.10. The lowest BCUT2D eigenvalue weighted by Gasteiger charge is -2.16. The van der Waals surface area contributed by atoms with Crippen LogP contribution in [0, 0.1) is 13.8 Å². The Morgan fingerprint density at radius 1 is 0.461 bits per heavy atom. The standard InChI is InChI=1S/C66H60N10/c1-49-43-65(69-73(49)53-25-11-7-12-26-53)75(55-29-15-9-16-30-55)67-47-51-37-39-63-59(45-51)57-33-19-21-35-61(57)71(63)41-23-5-3-4-6-24-42-72-62-36-22-20-34-58(62)60-46-52(38-40-64(60)72)48-68-76(56-31-17-10-18-32-56)66-44-50(2)74(70-66)54-27-13-8-14-28-54/h7-22,25-40,43-48H,3-6,23-24,41-42H2,1-2H3/p+1/b67-47+,68-48+. The van der Waals surface area contributed by atoms with E-state index in [9.17, 15) is 0 Å². The van der Waals surface area contributed by atoms with Crippen molar-refractivity contribution < 1.29 is 4.68 Å². The molecule has 0 bridgehead atoms. The lowest BCUT2D eigenvalue weighted by atomic mass is 10.1. The fourth-order valence-electron chi connectivity index (χ4n) is 10.8. The van der Waals surface area contributed by atoms with Gasteiger partial charge in [0.1, 0.15) is 0 Å². The Kier molecular flexibility index (Phi) is 13.6. The van der Waals surface area contributed by atoms with Crippen LogP contribution in [-0.2, 0) is 13.1 Å². The summed E-state index contributed by atoms with van der Waals surface area (Å²) in [5.74, 6) is 1.64. The van der Waals surface area contributed by atoms with Gasteiger partial charge in [0.05, 0.1) is 35.6 Å². The number of rotatable bonds is 19. The summed E-state index contributed by atoms with van der Waals surface area (Å²) in [7, 11) is 0. The van der Waals surface area contributed by atoms with Crippen LogP contribution < -0.4 is 14.7 Å². The lowest BCUT2D eigenvalue weighted by Crippen LogP contribution is -2.35. The number of para-hydroxylation sites is 6. The number of unbranched alkanes of at least 4 members (excludes halogenated alkanes) is 5. The number of hydrazone groups is 2. The van der Waals surface area contributed by atoms with Gasteiger partial charge in [0, 0.05) is 87.5 Å². The van der Waals surface area contributed by atoms with Crippen molar-refractivity contribution in [3.8, 4) is 11.4 Å². The van der Waals surface area contributed by atoms with Gasteiger partial charge >= 0.3 is 0 Å². The highest BCUT2D eigenvalue weighted by Crippen LogP contribution is 2.33. The van der Waals surface area contributed by atoms with Crippen LogP contribution in [0.15, 0.2) is 229 Å². The van der Waals surface area contributed by atoms with E-state index in [0.29, 0.717) is 0 Å². The van der Waals surface area contributed by atoms with Gasteiger partial charge in [0.25, 0.3) is 0 Å². The van der Waals surface area contributed by atoms with E-state index in [0.717, 1.165) is 82.8 Å². The first-order valence-electron chi connectivity index (χ1n) is 26.6. The van der Waals surface area contributed by atoms with E-state index in [-0.39, 0.29) is 0 Å². The van der Waals surface area contributed by atoms with Gasteiger partial charge < -0.3 is 9.13 Å². The van der Waals surface area contributed by atoms with Gasteiger partial charge in [-0.25, -0.2) is 14.7 Å². The molecule has 0 saturated carbocycles. The number of H-pyrrole nitrogens is 1. The summed E-state index contributed by atoms with van der Waals surface area (Å²) < 4.78 is 9.10. The number of aromatic nitrogens is 6. The zero-order valence-corrected chi connectivity index (χ0v) is 43.1. The van der Waals surface area contributed by atoms with Crippen LogP contribution in [0.4, 0.5) is 23.0 Å². The second-order valence-corrected chi connectivity index (χ2v) is 19.6. The second-order valence-electron chi connectivity index (χ2n) is 19.6.